The van der Waals surface area contributed by atoms with Crippen molar-refractivity contribution < 1.29 is 4.74 Å². The summed E-state index contributed by atoms with van der Waals surface area (Å²) in [5, 5.41) is 10.0. The van der Waals surface area contributed by atoms with E-state index in [-0.39, 0.29) is 6.01 Å². The summed E-state index contributed by atoms with van der Waals surface area (Å²) in [6.07, 6.45) is 1.63. The molecule has 0 aliphatic carbocycles. The van der Waals surface area contributed by atoms with Crippen LogP contribution in [-0.2, 0) is 13.6 Å². The first kappa shape index (κ1) is 13.0. The summed E-state index contributed by atoms with van der Waals surface area (Å²) >= 11 is 0. The minimum absolute atomic E-state index is 0.276. The third kappa shape index (κ3) is 3.50. The molecule has 0 unspecified atom stereocenters. The van der Waals surface area contributed by atoms with Gasteiger partial charge in [0.15, 0.2) is 5.82 Å². The van der Waals surface area contributed by atoms with Crippen LogP contribution in [0.2, 0.25) is 0 Å². The Morgan fingerprint density at radius 3 is 2.68 bits per heavy atom. The van der Waals surface area contributed by atoms with E-state index in [1.807, 2.05) is 14.0 Å². The highest BCUT2D eigenvalue weighted by Gasteiger charge is 2.07. The number of hydrogen-bond acceptors (Lipinski definition) is 8. The van der Waals surface area contributed by atoms with E-state index in [2.05, 4.69) is 35.7 Å². The van der Waals surface area contributed by atoms with Crippen molar-refractivity contribution in [2.45, 2.75) is 13.5 Å². The molecular weight excluding hydrogens is 248 g/mol. The van der Waals surface area contributed by atoms with Crippen molar-refractivity contribution in [3.8, 4) is 6.01 Å². The summed E-state index contributed by atoms with van der Waals surface area (Å²) in [5.74, 6) is 1.51. The van der Waals surface area contributed by atoms with Crippen LogP contribution in [0, 0.1) is 0 Å². The summed E-state index contributed by atoms with van der Waals surface area (Å²) in [4.78, 5) is 16.5. The zero-order valence-electron chi connectivity index (χ0n) is 11.1. The standard InChI is InChI=1S/C10H16N8O/c1-4-19-10-15-8(11-2)14-9(16-10)12-5-7-13-6-18(3)17-7/h6H,4-5H2,1-3H3,(H2,11,12,14,15,16). The van der Waals surface area contributed by atoms with Gasteiger partial charge in [0.25, 0.3) is 0 Å². The molecule has 0 spiro atoms. The van der Waals surface area contributed by atoms with Gasteiger partial charge in [-0.3, -0.25) is 4.68 Å². The van der Waals surface area contributed by atoms with Crippen molar-refractivity contribution in [3.63, 3.8) is 0 Å². The number of anilines is 2. The first-order valence-corrected chi connectivity index (χ1v) is 5.86. The van der Waals surface area contributed by atoms with Gasteiger partial charge < -0.3 is 15.4 Å². The Hall–Kier alpha value is -2.45. The van der Waals surface area contributed by atoms with Gasteiger partial charge in [-0.05, 0) is 6.92 Å². The average Bonchev–Trinajstić information content (AvgIpc) is 2.82. The maximum atomic E-state index is 5.27. The Bertz CT molecular complexity index is 540. The molecule has 19 heavy (non-hydrogen) atoms. The molecule has 0 saturated heterocycles. The fourth-order valence-electron chi connectivity index (χ4n) is 1.36. The van der Waals surface area contributed by atoms with Crippen molar-refractivity contribution in [1.82, 2.24) is 29.7 Å². The van der Waals surface area contributed by atoms with E-state index < -0.39 is 0 Å². The molecule has 2 N–H and O–H groups in total. The van der Waals surface area contributed by atoms with Gasteiger partial charge in [-0.15, -0.1) is 0 Å². The SMILES string of the molecule is CCOc1nc(NC)nc(NCc2ncn(C)n2)n1. The van der Waals surface area contributed by atoms with Crippen LogP contribution in [0.15, 0.2) is 6.33 Å². The van der Waals surface area contributed by atoms with Crippen LogP contribution in [0.5, 0.6) is 6.01 Å². The average molecular weight is 264 g/mol. The van der Waals surface area contributed by atoms with E-state index in [4.69, 9.17) is 4.74 Å². The smallest absolute Gasteiger partial charge is 0.323 e. The van der Waals surface area contributed by atoms with E-state index >= 15 is 0 Å². The van der Waals surface area contributed by atoms with E-state index in [1.165, 1.54) is 0 Å². The summed E-state index contributed by atoms with van der Waals surface area (Å²) in [7, 11) is 3.54. The molecule has 2 aromatic rings. The summed E-state index contributed by atoms with van der Waals surface area (Å²) in [5.41, 5.74) is 0. The van der Waals surface area contributed by atoms with Crippen LogP contribution >= 0.6 is 0 Å². The minimum Gasteiger partial charge on any atom is -0.464 e. The van der Waals surface area contributed by atoms with Crippen LogP contribution < -0.4 is 15.4 Å². The highest BCUT2D eigenvalue weighted by molar-refractivity contribution is 5.35. The molecule has 9 nitrogen and oxygen atoms in total. The van der Waals surface area contributed by atoms with E-state index in [0.717, 1.165) is 0 Å². The third-order valence-electron chi connectivity index (χ3n) is 2.16. The zero-order chi connectivity index (χ0) is 13.7. The van der Waals surface area contributed by atoms with Gasteiger partial charge in [0.2, 0.25) is 11.9 Å². The highest BCUT2D eigenvalue weighted by Crippen LogP contribution is 2.11. The second kappa shape index (κ2) is 5.94. The molecule has 102 valence electrons. The van der Waals surface area contributed by atoms with Crippen LogP contribution in [0.4, 0.5) is 11.9 Å². The molecule has 0 amide bonds. The minimum atomic E-state index is 0.276. The van der Waals surface area contributed by atoms with Crippen molar-refractivity contribution >= 4 is 11.9 Å². The molecule has 0 saturated carbocycles. The van der Waals surface area contributed by atoms with Crippen molar-refractivity contribution in [2.24, 2.45) is 7.05 Å². The van der Waals surface area contributed by atoms with Gasteiger partial charge in [-0.2, -0.15) is 20.1 Å². The molecule has 2 aromatic heterocycles. The molecule has 0 aliphatic rings. The van der Waals surface area contributed by atoms with E-state index in [0.29, 0.717) is 30.9 Å². The number of aryl methyl sites for hydroxylation is 1. The molecule has 0 radical (unpaired) electrons. The van der Waals surface area contributed by atoms with Gasteiger partial charge in [-0.1, -0.05) is 0 Å². The number of nitrogens with zero attached hydrogens (tertiary/aromatic N) is 6. The summed E-state index contributed by atoms with van der Waals surface area (Å²) in [6.45, 7) is 2.79. The first-order valence-electron chi connectivity index (χ1n) is 5.86. The maximum Gasteiger partial charge on any atom is 0.323 e. The Morgan fingerprint density at radius 1 is 1.26 bits per heavy atom. The predicted octanol–water partition coefficient (Wildman–Crippen LogP) is 0.0526. The fourth-order valence-corrected chi connectivity index (χ4v) is 1.36. The Kier molecular flexibility index (Phi) is 4.06. The largest absolute Gasteiger partial charge is 0.464 e. The van der Waals surface area contributed by atoms with Crippen molar-refractivity contribution in [2.75, 3.05) is 24.3 Å². The third-order valence-corrected chi connectivity index (χ3v) is 2.16. The van der Waals surface area contributed by atoms with E-state index in [9.17, 15) is 0 Å². The van der Waals surface area contributed by atoms with Crippen LogP contribution in [0.1, 0.15) is 12.7 Å². The van der Waals surface area contributed by atoms with Gasteiger partial charge in [0.1, 0.15) is 6.33 Å². The quantitative estimate of drug-likeness (QED) is 0.754. The van der Waals surface area contributed by atoms with Crippen LogP contribution in [0.25, 0.3) is 0 Å². The molecular formula is C10H16N8O. The lowest BCUT2D eigenvalue weighted by Crippen LogP contribution is -2.10. The number of ether oxygens (including phenoxy) is 1. The number of rotatable bonds is 6. The van der Waals surface area contributed by atoms with Gasteiger partial charge >= 0.3 is 6.01 Å². The molecule has 2 rings (SSSR count). The fraction of sp³-hybridized carbons (Fsp3) is 0.500. The van der Waals surface area contributed by atoms with Crippen molar-refractivity contribution in [3.05, 3.63) is 12.2 Å². The lowest BCUT2D eigenvalue weighted by atomic mass is 10.6. The molecule has 9 heteroatoms. The molecule has 0 atom stereocenters. The molecule has 0 bridgehead atoms. The summed E-state index contributed by atoms with van der Waals surface area (Å²) < 4.78 is 6.90. The first-order chi connectivity index (χ1) is 9.21. The number of aromatic nitrogens is 6. The second-order valence-electron chi connectivity index (χ2n) is 3.64. The van der Waals surface area contributed by atoms with Gasteiger partial charge in [-0.25, -0.2) is 4.98 Å². The lowest BCUT2D eigenvalue weighted by molar-refractivity contribution is 0.312. The highest BCUT2D eigenvalue weighted by atomic mass is 16.5. The number of nitrogens with one attached hydrogen (secondary N) is 2. The van der Waals surface area contributed by atoms with Gasteiger partial charge in [0.05, 0.1) is 13.2 Å². The van der Waals surface area contributed by atoms with Crippen LogP contribution in [0.3, 0.4) is 0 Å². The molecule has 0 fully saturated rings. The summed E-state index contributed by atoms with van der Waals surface area (Å²) in [6, 6.07) is 0.276. The van der Waals surface area contributed by atoms with Crippen LogP contribution in [-0.4, -0.2) is 43.4 Å². The monoisotopic (exact) mass is 264 g/mol. The lowest BCUT2D eigenvalue weighted by Gasteiger charge is -2.07. The van der Waals surface area contributed by atoms with E-state index in [1.54, 1.807) is 18.1 Å². The molecule has 2 heterocycles. The Morgan fingerprint density at radius 2 is 2.05 bits per heavy atom. The Labute approximate surface area is 110 Å². The number of hydrogen-bond donors (Lipinski definition) is 2. The second-order valence-corrected chi connectivity index (χ2v) is 3.64. The topological polar surface area (TPSA) is 103 Å². The zero-order valence-corrected chi connectivity index (χ0v) is 11.1. The molecule has 0 aromatic carbocycles. The van der Waals surface area contributed by atoms with Gasteiger partial charge in [0, 0.05) is 14.1 Å². The Balaban J connectivity index is 2.08. The van der Waals surface area contributed by atoms with Crippen molar-refractivity contribution in [1.29, 1.82) is 0 Å². The normalized spacial score (nSPS) is 10.3. The maximum absolute atomic E-state index is 5.27. The predicted molar refractivity (Wildman–Crippen MR) is 68.9 cm³/mol. The molecule has 0 aliphatic heterocycles.